The van der Waals surface area contributed by atoms with Crippen molar-refractivity contribution in [3.63, 3.8) is 0 Å². The second kappa shape index (κ2) is 12.6. The van der Waals surface area contributed by atoms with Gasteiger partial charge in [-0.3, -0.25) is 20.4 Å². The van der Waals surface area contributed by atoms with E-state index in [0.29, 0.717) is 12.8 Å². The molecule has 10 heteroatoms. The van der Waals surface area contributed by atoms with Gasteiger partial charge in [-0.15, -0.1) is 0 Å². The van der Waals surface area contributed by atoms with Crippen LogP contribution in [0, 0.1) is 13.8 Å². The van der Waals surface area contributed by atoms with Crippen LogP contribution in [0.1, 0.15) is 98.4 Å². The van der Waals surface area contributed by atoms with E-state index in [1.165, 1.54) is 16.7 Å². The van der Waals surface area contributed by atoms with E-state index in [1.807, 2.05) is 13.0 Å². The number of aromatic amines is 2. The van der Waals surface area contributed by atoms with E-state index in [2.05, 4.69) is 73.6 Å². The molecule has 3 aromatic heterocycles. The first kappa shape index (κ1) is 30.9. The van der Waals surface area contributed by atoms with Crippen molar-refractivity contribution >= 4 is 56.2 Å². The monoisotopic (exact) mass is 594 g/mol. The number of amides is 2. The molecule has 0 aliphatic carbocycles. The molecule has 230 valence electrons. The molecule has 2 aliphatic rings. The fourth-order valence-electron chi connectivity index (χ4n) is 6.38. The van der Waals surface area contributed by atoms with Crippen LogP contribution in [0.15, 0.2) is 24.3 Å². The Hall–Kier alpha value is -4.54. The summed E-state index contributed by atoms with van der Waals surface area (Å²) in [7, 11) is 0. The molecule has 0 saturated heterocycles. The van der Waals surface area contributed by atoms with E-state index < -0.39 is 0 Å². The van der Waals surface area contributed by atoms with Crippen molar-refractivity contribution in [1.29, 1.82) is 0 Å². The number of hydrogen-bond acceptors (Lipinski definition) is 6. The van der Waals surface area contributed by atoms with Crippen LogP contribution in [0.2, 0.25) is 0 Å². The predicted molar refractivity (Wildman–Crippen MR) is 177 cm³/mol. The van der Waals surface area contributed by atoms with Crippen LogP contribution in [-0.4, -0.2) is 31.8 Å². The zero-order chi connectivity index (χ0) is 31.7. The van der Waals surface area contributed by atoms with Gasteiger partial charge in [0.2, 0.25) is 11.8 Å². The Morgan fingerprint density at radius 3 is 1.68 bits per heavy atom. The van der Waals surface area contributed by atoms with Gasteiger partial charge < -0.3 is 9.97 Å². The lowest BCUT2D eigenvalue weighted by Gasteiger charge is -2.05. The Bertz CT molecular complexity index is 1890. The van der Waals surface area contributed by atoms with Gasteiger partial charge in [-0.1, -0.05) is 13.8 Å². The number of rotatable bonds is 8. The highest BCUT2D eigenvalue weighted by molar-refractivity contribution is 5.96. The average molecular weight is 595 g/mol. The maximum Gasteiger partial charge on any atom is 0.234 e. The van der Waals surface area contributed by atoms with Gasteiger partial charge in [0.25, 0.3) is 0 Å². The summed E-state index contributed by atoms with van der Waals surface area (Å²) < 4.78 is 0. The molecule has 0 atom stereocenters. The number of aryl methyl sites for hydroxylation is 4. The molecular weight excluding hydrogens is 552 g/mol. The summed E-state index contributed by atoms with van der Waals surface area (Å²) in [6.07, 6.45) is 3.19. The molecule has 8 N–H and O–H groups in total. The Labute approximate surface area is 257 Å². The molecule has 5 rings (SSSR count). The van der Waals surface area contributed by atoms with Gasteiger partial charge in [0, 0.05) is 34.9 Å². The highest BCUT2D eigenvalue weighted by Crippen LogP contribution is 2.37. The highest BCUT2D eigenvalue weighted by Gasteiger charge is 2.22. The summed E-state index contributed by atoms with van der Waals surface area (Å²) in [4.78, 5) is 41.8. The minimum atomic E-state index is -0.241. The fraction of sp³-hybridized carbons (Fsp3) is 0.353. The van der Waals surface area contributed by atoms with Crippen LogP contribution in [0.3, 0.4) is 0 Å². The van der Waals surface area contributed by atoms with E-state index in [0.717, 1.165) is 85.5 Å². The lowest BCUT2D eigenvalue weighted by Crippen LogP contribution is -2.30. The number of nitrogens with zero attached hydrogens (tertiary/aromatic N) is 2. The number of nitrogens with two attached hydrogens (primary N) is 2. The molecule has 8 bridgehead atoms. The van der Waals surface area contributed by atoms with Crippen molar-refractivity contribution in [3.8, 4) is 0 Å². The van der Waals surface area contributed by atoms with E-state index >= 15 is 0 Å². The van der Waals surface area contributed by atoms with Crippen LogP contribution in [0.5, 0.6) is 0 Å². The molecule has 0 spiro atoms. The van der Waals surface area contributed by atoms with E-state index in [9.17, 15) is 9.59 Å². The quantitative estimate of drug-likeness (QED) is 0.115. The first-order valence-electron chi connectivity index (χ1n) is 15.2. The van der Waals surface area contributed by atoms with E-state index in [4.69, 9.17) is 21.7 Å². The van der Waals surface area contributed by atoms with E-state index in [1.54, 1.807) is 0 Å². The largest absolute Gasteiger partial charge is 0.355 e. The van der Waals surface area contributed by atoms with Crippen LogP contribution >= 0.6 is 0 Å². The molecule has 0 saturated carbocycles. The van der Waals surface area contributed by atoms with Crippen LogP contribution in [0.4, 0.5) is 0 Å². The first-order valence-corrected chi connectivity index (χ1v) is 15.2. The first-order chi connectivity index (χ1) is 21.1. The van der Waals surface area contributed by atoms with Crippen LogP contribution < -0.4 is 22.5 Å². The minimum Gasteiger partial charge on any atom is -0.355 e. The molecule has 2 amide bonds. The second-order valence-electron chi connectivity index (χ2n) is 11.5. The minimum absolute atomic E-state index is 0.232. The number of allylic oxidation sites excluding steroid dienone is 4. The lowest BCUT2D eigenvalue weighted by molar-refractivity contribution is -0.121. The highest BCUT2D eigenvalue weighted by atomic mass is 16.2. The molecule has 0 radical (unpaired) electrons. The van der Waals surface area contributed by atoms with Crippen molar-refractivity contribution in [2.45, 2.75) is 80.1 Å². The van der Waals surface area contributed by atoms with Crippen molar-refractivity contribution in [2.75, 3.05) is 0 Å². The van der Waals surface area contributed by atoms with Crippen molar-refractivity contribution in [3.05, 3.63) is 69.3 Å². The summed E-state index contributed by atoms with van der Waals surface area (Å²) in [6, 6.07) is 8.39. The average Bonchev–Trinajstić information content (AvgIpc) is 3.67. The van der Waals surface area contributed by atoms with Crippen LogP contribution in [-0.2, 0) is 22.4 Å². The maximum absolute atomic E-state index is 12.2. The molecule has 0 aromatic carbocycles. The molecule has 5 heterocycles. The zero-order valence-electron chi connectivity index (χ0n) is 26.4. The van der Waals surface area contributed by atoms with Gasteiger partial charge in [-0.05, 0) is 122 Å². The maximum atomic E-state index is 12.2. The third-order valence-electron chi connectivity index (χ3n) is 9.03. The van der Waals surface area contributed by atoms with Crippen molar-refractivity contribution in [1.82, 2.24) is 30.8 Å². The smallest absolute Gasteiger partial charge is 0.234 e. The molecule has 44 heavy (non-hydrogen) atoms. The number of carbonyl (C=O) groups excluding carboxylic acids is 2. The summed E-state index contributed by atoms with van der Waals surface area (Å²) in [5.74, 6) is 10.3. The Morgan fingerprint density at radius 2 is 1.14 bits per heavy atom. The van der Waals surface area contributed by atoms with Crippen LogP contribution in [0.25, 0.3) is 44.4 Å². The van der Waals surface area contributed by atoms with Gasteiger partial charge in [0.05, 0.1) is 22.8 Å². The predicted octanol–water partition coefficient (Wildman–Crippen LogP) is 5.46. The molecule has 2 aliphatic heterocycles. The van der Waals surface area contributed by atoms with Crippen molar-refractivity contribution < 1.29 is 9.59 Å². The molecule has 3 aromatic rings. The van der Waals surface area contributed by atoms with Crippen molar-refractivity contribution in [2.24, 2.45) is 11.7 Å². The SMILES string of the molecule is CCC1=C(C)c2cc3nc(cc4[nH]c(cc5[nH]c(cc1n2)c(CC)c5C)c(C)c4CCC(=O)NN)C(CCC(=O)NN)=C3C. The summed E-state index contributed by atoms with van der Waals surface area (Å²) in [6.45, 7) is 12.7. The third-order valence-corrected chi connectivity index (χ3v) is 9.03. The molecule has 0 unspecified atom stereocenters. The van der Waals surface area contributed by atoms with Gasteiger partial charge in [-0.2, -0.15) is 0 Å². The normalized spacial score (nSPS) is 13.1. The summed E-state index contributed by atoms with van der Waals surface area (Å²) >= 11 is 0. The Balaban J connectivity index is 1.89. The number of hydrogen-bond donors (Lipinski definition) is 6. The standard InChI is InChI=1S/C34H42N8O2/c1-7-21-17(3)25-13-27-19(5)23(9-11-33(43)41-35)31(39-27)16-32-24(10-12-34(44)42-36)20(6)28(40-32)14-26-18(4)22(8-2)30(38-26)15-29(21)37-25/h13-16,37,39H,7-12,35-36H2,1-6H3,(H,41,43)(H,42,44). The number of H-pyrrole nitrogens is 2. The Morgan fingerprint density at radius 1 is 0.636 bits per heavy atom. The van der Waals surface area contributed by atoms with Gasteiger partial charge in [0.1, 0.15) is 0 Å². The number of fused-ring (bicyclic) bond motifs is 8. The number of carbonyl (C=O) groups is 2. The van der Waals surface area contributed by atoms with Gasteiger partial charge in [0.15, 0.2) is 0 Å². The topological polar surface area (TPSA) is 168 Å². The number of nitrogens with one attached hydrogen (secondary N) is 4. The van der Waals surface area contributed by atoms with E-state index in [-0.39, 0.29) is 24.7 Å². The number of aromatic nitrogens is 4. The third kappa shape index (κ3) is 5.70. The molecule has 10 nitrogen and oxygen atoms in total. The lowest BCUT2D eigenvalue weighted by atomic mass is 9.99. The molecule has 0 fully saturated rings. The molecular formula is C34H42N8O2. The Kier molecular flexibility index (Phi) is 8.85. The number of hydrazine groups is 2. The summed E-state index contributed by atoms with van der Waals surface area (Å²) in [5, 5.41) is 0. The summed E-state index contributed by atoms with van der Waals surface area (Å²) in [5.41, 5.74) is 20.6. The second-order valence-corrected chi connectivity index (χ2v) is 11.5. The van der Waals surface area contributed by atoms with Gasteiger partial charge >= 0.3 is 0 Å². The van der Waals surface area contributed by atoms with Gasteiger partial charge in [-0.25, -0.2) is 21.7 Å². The zero-order valence-corrected chi connectivity index (χ0v) is 26.4. The fourth-order valence-corrected chi connectivity index (χ4v) is 6.38.